The molecule has 0 saturated heterocycles. The topological polar surface area (TPSA) is 25.2 Å². The molecule has 1 heterocycles. The predicted octanol–water partition coefficient (Wildman–Crippen LogP) is 3.54. The lowest BCUT2D eigenvalue weighted by Crippen LogP contribution is -2.21. The highest BCUT2D eigenvalue weighted by atomic mass is 16.3. The summed E-state index contributed by atoms with van der Waals surface area (Å²) >= 11 is 0. The van der Waals surface area contributed by atoms with Crippen molar-refractivity contribution < 1.29 is 5.11 Å². The number of rotatable bonds is 3. The van der Waals surface area contributed by atoms with E-state index in [1.807, 2.05) is 13.8 Å². The molecular formula is C15H21NO. The van der Waals surface area contributed by atoms with Crippen molar-refractivity contribution in [2.24, 2.45) is 0 Å². The molecule has 2 aromatic rings. The summed E-state index contributed by atoms with van der Waals surface area (Å²) in [4.78, 5) is 0. The van der Waals surface area contributed by atoms with Crippen LogP contribution in [0.2, 0.25) is 0 Å². The first-order chi connectivity index (χ1) is 7.88. The van der Waals surface area contributed by atoms with Crippen LogP contribution in [0, 0.1) is 0 Å². The van der Waals surface area contributed by atoms with Crippen molar-refractivity contribution in [2.75, 3.05) is 0 Å². The number of aliphatic hydroxyl groups is 1. The molecular weight excluding hydrogens is 210 g/mol. The standard InChI is InChI=1S/C15H21NO/c1-11(2)16-10-12(9-15(3,4)17)13-7-5-6-8-14(13)16/h5-8,10-11,17H,9H2,1-4H3. The smallest absolute Gasteiger partial charge is 0.0632 e. The van der Waals surface area contributed by atoms with Gasteiger partial charge in [-0.1, -0.05) is 18.2 Å². The van der Waals surface area contributed by atoms with E-state index in [1.54, 1.807) is 0 Å². The maximum Gasteiger partial charge on any atom is 0.0632 e. The molecule has 0 aliphatic rings. The van der Waals surface area contributed by atoms with Gasteiger partial charge in [0, 0.05) is 29.6 Å². The van der Waals surface area contributed by atoms with Crippen molar-refractivity contribution in [2.45, 2.75) is 45.8 Å². The minimum absolute atomic E-state index is 0.440. The molecule has 1 aromatic carbocycles. The molecule has 17 heavy (non-hydrogen) atoms. The van der Waals surface area contributed by atoms with Crippen molar-refractivity contribution in [1.82, 2.24) is 4.57 Å². The molecule has 0 atom stereocenters. The Hall–Kier alpha value is -1.28. The average molecular weight is 231 g/mol. The van der Waals surface area contributed by atoms with Gasteiger partial charge >= 0.3 is 0 Å². The van der Waals surface area contributed by atoms with Crippen molar-refractivity contribution in [1.29, 1.82) is 0 Å². The highest BCUT2D eigenvalue weighted by Crippen LogP contribution is 2.27. The van der Waals surface area contributed by atoms with Gasteiger partial charge in [-0.05, 0) is 39.3 Å². The molecule has 0 saturated carbocycles. The summed E-state index contributed by atoms with van der Waals surface area (Å²) in [6.45, 7) is 8.07. The van der Waals surface area contributed by atoms with Gasteiger partial charge in [-0.2, -0.15) is 0 Å². The average Bonchev–Trinajstić information content (AvgIpc) is 2.55. The second-order valence-electron chi connectivity index (χ2n) is 5.66. The molecule has 92 valence electrons. The van der Waals surface area contributed by atoms with Crippen LogP contribution in [-0.2, 0) is 6.42 Å². The molecule has 2 rings (SSSR count). The van der Waals surface area contributed by atoms with Gasteiger partial charge in [-0.25, -0.2) is 0 Å². The van der Waals surface area contributed by atoms with E-state index >= 15 is 0 Å². The van der Waals surface area contributed by atoms with Crippen LogP contribution >= 0.6 is 0 Å². The highest BCUT2D eigenvalue weighted by Gasteiger charge is 2.18. The summed E-state index contributed by atoms with van der Waals surface area (Å²) in [5.41, 5.74) is 1.81. The summed E-state index contributed by atoms with van der Waals surface area (Å²) in [5, 5.41) is 11.2. The fraction of sp³-hybridized carbons (Fsp3) is 0.467. The van der Waals surface area contributed by atoms with Gasteiger partial charge in [-0.3, -0.25) is 0 Å². The molecule has 0 amide bonds. The van der Waals surface area contributed by atoms with Crippen LogP contribution in [0.25, 0.3) is 10.9 Å². The van der Waals surface area contributed by atoms with Crippen LogP contribution in [0.15, 0.2) is 30.5 Å². The van der Waals surface area contributed by atoms with Gasteiger partial charge in [0.05, 0.1) is 5.60 Å². The van der Waals surface area contributed by atoms with E-state index in [1.165, 1.54) is 16.5 Å². The summed E-state index contributed by atoms with van der Waals surface area (Å²) in [5.74, 6) is 0. The summed E-state index contributed by atoms with van der Waals surface area (Å²) in [6, 6.07) is 8.84. The van der Waals surface area contributed by atoms with Crippen LogP contribution in [0.3, 0.4) is 0 Å². The van der Waals surface area contributed by atoms with Crippen LogP contribution in [0.4, 0.5) is 0 Å². The predicted molar refractivity (Wildman–Crippen MR) is 72.3 cm³/mol. The molecule has 0 fully saturated rings. The molecule has 0 radical (unpaired) electrons. The van der Waals surface area contributed by atoms with Crippen molar-refractivity contribution in [3.05, 3.63) is 36.0 Å². The van der Waals surface area contributed by atoms with Gasteiger partial charge in [0.2, 0.25) is 0 Å². The van der Waals surface area contributed by atoms with Gasteiger partial charge in [0.1, 0.15) is 0 Å². The van der Waals surface area contributed by atoms with E-state index in [9.17, 15) is 5.11 Å². The lowest BCUT2D eigenvalue weighted by atomic mass is 9.98. The third-order valence-corrected chi connectivity index (χ3v) is 3.00. The first kappa shape index (κ1) is 12.2. The Morgan fingerprint density at radius 2 is 1.88 bits per heavy atom. The van der Waals surface area contributed by atoms with Gasteiger partial charge in [0.25, 0.3) is 0 Å². The molecule has 0 unspecified atom stereocenters. The van der Waals surface area contributed by atoms with Gasteiger partial charge in [0.15, 0.2) is 0 Å². The number of aromatic nitrogens is 1. The van der Waals surface area contributed by atoms with Gasteiger partial charge < -0.3 is 9.67 Å². The first-order valence-electron chi connectivity index (χ1n) is 6.19. The number of nitrogens with zero attached hydrogens (tertiary/aromatic N) is 1. The molecule has 1 aromatic heterocycles. The van der Waals surface area contributed by atoms with E-state index < -0.39 is 5.60 Å². The zero-order chi connectivity index (χ0) is 12.6. The molecule has 0 aliphatic heterocycles. The third kappa shape index (κ3) is 2.52. The Bertz CT molecular complexity index is 517. The lowest BCUT2D eigenvalue weighted by Gasteiger charge is -2.16. The maximum absolute atomic E-state index is 9.97. The number of fused-ring (bicyclic) bond motifs is 1. The fourth-order valence-corrected chi connectivity index (χ4v) is 2.31. The Morgan fingerprint density at radius 1 is 1.24 bits per heavy atom. The summed E-state index contributed by atoms with van der Waals surface area (Å²) in [6.07, 6.45) is 2.86. The first-order valence-corrected chi connectivity index (χ1v) is 6.19. The zero-order valence-electron chi connectivity index (χ0n) is 11.1. The van der Waals surface area contributed by atoms with E-state index in [4.69, 9.17) is 0 Å². The maximum atomic E-state index is 9.97. The SMILES string of the molecule is CC(C)n1cc(CC(C)(C)O)c2ccccc21. The Kier molecular flexibility index (Phi) is 3.00. The zero-order valence-corrected chi connectivity index (χ0v) is 11.1. The second kappa shape index (κ2) is 4.19. The van der Waals surface area contributed by atoms with Crippen molar-refractivity contribution in [3.8, 4) is 0 Å². The van der Waals surface area contributed by atoms with Crippen LogP contribution < -0.4 is 0 Å². The monoisotopic (exact) mass is 231 g/mol. The summed E-state index contributed by atoms with van der Waals surface area (Å²) < 4.78 is 2.27. The number of para-hydroxylation sites is 1. The van der Waals surface area contributed by atoms with E-state index in [0.29, 0.717) is 12.5 Å². The fourth-order valence-electron chi connectivity index (χ4n) is 2.31. The molecule has 0 aliphatic carbocycles. The molecule has 0 bridgehead atoms. The third-order valence-electron chi connectivity index (χ3n) is 3.00. The second-order valence-corrected chi connectivity index (χ2v) is 5.66. The van der Waals surface area contributed by atoms with Crippen molar-refractivity contribution in [3.63, 3.8) is 0 Å². The highest BCUT2D eigenvalue weighted by molar-refractivity contribution is 5.84. The van der Waals surface area contributed by atoms with Crippen LogP contribution in [-0.4, -0.2) is 15.3 Å². The van der Waals surface area contributed by atoms with E-state index in [0.717, 1.165) is 0 Å². The number of benzene rings is 1. The van der Waals surface area contributed by atoms with Crippen LogP contribution in [0.5, 0.6) is 0 Å². The Morgan fingerprint density at radius 3 is 2.47 bits per heavy atom. The quantitative estimate of drug-likeness (QED) is 0.858. The largest absolute Gasteiger partial charge is 0.390 e. The Labute approximate surface area is 103 Å². The molecule has 2 heteroatoms. The molecule has 1 N–H and O–H groups in total. The molecule has 2 nitrogen and oxygen atoms in total. The van der Waals surface area contributed by atoms with Crippen molar-refractivity contribution >= 4 is 10.9 Å². The van der Waals surface area contributed by atoms with E-state index in [2.05, 4.69) is 48.9 Å². The normalized spacial score (nSPS) is 12.6. The minimum Gasteiger partial charge on any atom is -0.390 e. The molecule has 0 spiro atoms. The Balaban J connectivity index is 2.57. The van der Waals surface area contributed by atoms with Crippen LogP contribution in [0.1, 0.15) is 39.3 Å². The van der Waals surface area contributed by atoms with E-state index in [-0.39, 0.29) is 0 Å². The minimum atomic E-state index is -0.661. The lowest BCUT2D eigenvalue weighted by molar-refractivity contribution is 0.0813. The van der Waals surface area contributed by atoms with Gasteiger partial charge in [-0.15, -0.1) is 0 Å². The number of hydrogen-bond donors (Lipinski definition) is 1. The summed E-state index contributed by atoms with van der Waals surface area (Å²) in [7, 11) is 0. The number of hydrogen-bond acceptors (Lipinski definition) is 1.